The molecule has 60 valence electrons. The number of Topliss-reactive ketones (excluding diaryl/α,β-unsaturated/α-hetero) is 1. The summed E-state index contributed by atoms with van der Waals surface area (Å²) in [5.41, 5.74) is 0. The van der Waals surface area contributed by atoms with Crippen LogP contribution < -0.4 is 29.6 Å². The minimum absolute atomic E-state index is 0. The Balaban J connectivity index is 0. The average molecular weight is 204 g/mol. The van der Waals surface area contributed by atoms with Crippen LogP contribution in [-0.4, -0.2) is 20.3 Å². The standard InChI is InChI=1S/C5H10O3S2.Na/c1-5(6)3-2-4-10(7,8)9;/h2-4H2,1H3,(H,7,8,9);/q;+1/p-1. The van der Waals surface area contributed by atoms with E-state index < -0.39 is 8.77 Å². The van der Waals surface area contributed by atoms with Crippen LogP contribution in [-0.2, 0) is 24.8 Å². The first-order valence-electron chi connectivity index (χ1n) is 2.85. The van der Waals surface area contributed by atoms with Gasteiger partial charge in [0.05, 0.1) is 0 Å². The zero-order chi connectivity index (χ0) is 8.20. The maximum atomic E-state index is 10.3. The molecule has 0 bridgehead atoms. The normalized spacial score (nSPS) is 14.7. The number of carbonyl (C=O) groups is 1. The predicted octanol–water partition coefficient (Wildman–Crippen LogP) is -2.76. The molecule has 3 nitrogen and oxygen atoms in total. The molecule has 0 radical (unpaired) electrons. The van der Waals surface area contributed by atoms with Gasteiger partial charge in [-0.25, -0.2) is 0 Å². The van der Waals surface area contributed by atoms with Crippen LogP contribution in [0.5, 0.6) is 0 Å². The predicted molar refractivity (Wildman–Crippen MR) is 41.1 cm³/mol. The van der Waals surface area contributed by atoms with E-state index in [0.717, 1.165) is 0 Å². The first-order chi connectivity index (χ1) is 4.42. The molecular weight excluding hydrogens is 195 g/mol. The SMILES string of the molecule is CC(=O)CCCS(=O)([O-])=S.[Na+]. The molecule has 0 rings (SSSR count). The van der Waals surface area contributed by atoms with E-state index in [2.05, 4.69) is 11.2 Å². The Kier molecular flexibility index (Phi) is 8.59. The summed E-state index contributed by atoms with van der Waals surface area (Å²) in [6, 6.07) is 0. The molecule has 0 aliphatic rings. The Labute approximate surface area is 93.7 Å². The molecule has 1 unspecified atom stereocenters. The van der Waals surface area contributed by atoms with Gasteiger partial charge in [0.25, 0.3) is 0 Å². The molecule has 0 saturated carbocycles. The van der Waals surface area contributed by atoms with Crippen molar-refractivity contribution in [3.8, 4) is 0 Å². The smallest absolute Gasteiger partial charge is 0.769 e. The second kappa shape index (κ2) is 6.51. The molecule has 0 aliphatic heterocycles. The third-order valence-electron chi connectivity index (χ3n) is 0.923. The minimum Gasteiger partial charge on any atom is -0.769 e. The molecule has 0 aliphatic carbocycles. The molecule has 0 amide bonds. The summed E-state index contributed by atoms with van der Waals surface area (Å²) >= 11 is 4.10. The summed E-state index contributed by atoms with van der Waals surface area (Å²) in [5.74, 6) is -0.0688. The van der Waals surface area contributed by atoms with Crippen molar-refractivity contribution < 1.29 is 43.1 Å². The van der Waals surface area contributed by atoms with Crippen LogP contribution in [0, 0.1) is 0 Å². The number of hydrogen-bond acceptors (Lipinski definition) is 4. The summed E-state index contributed by atoms with van der Waals surface area (Å²) in [6.07, 6.45) is 0.650. The van der Waals surface area contributed by atoms with E-state index in [1.54, 1.807) is 0 Å². The molecule has 6 heteroatoms. The van der Waals surface area contributed by atoms with E-state index in [4.69, 9.17) is 0 Å². The van der Waals surface area contributed by atoms with Crippen molar-refractivity contribution in [1.82, 2.24) is 0 Å². The van der Waals surface area contributed by atoms with Crippen LogP contribution in [0.15, 0.2) is 0 Å². The Hall–Kier alpha value is 1.00. The van der Waals surface area contributed by atoms with Crippen LogP contribution in [0.3, 0.4) is 0 Å². The molecule has 0 fully saturated rings. The Morgan fingerprint density at radius 2 is 2.09 bits per heavy atom. The third kappa shape index (κ3) is 13.9. The molecular formula is C5H9NaO3S2. The second-order valence-corrected chi connectivity index (χ2v) is 5.11. The first kappa shape index (κ1) is 14.5. The van der Waals surface area contributed by atoms with Crippen LogP contribution in [0.2, 0.25) is 0 Å². The third-order valence-corrected chi connectivity index (χ3v) is 2.21. The van der Waals surface area contributed by atoms with E-state index in [1.165, 1.54) is 6.92 Å². The van der Waals surface area contributed by atoms with Crippen molar-refractivity contribution in [2.45, 2.75) is 19.8 Å². The second-order valence-electron chi connectivity index (χ2n) is 2.07. The summed E-state index contributed by atoms with van der Waals surface area (Å²) in [6.45, 7) is 1.43. The van der Waals surface area contributed by atoms with Gasteiger partial charge in [0, 0.05) is 12.2 Å². The summed E-state index contributed by atoms with van der Waals surface area (Å²) < 4.78 is 20.6. The average Bonchev–Trinajstić information content (AvgIpc) is 1.59. The van der Waals surface area contributed by atoms with Crippen molar-refractivity contribution in [3.05, 3.63) is 0 Å². The fourth-order valence-corrected chi connectivity index (χ4v) is 1.35. The van der Waals surface area contributed by atoms with Gasteiger partial charge >= 0.3 is 29.6 Å². The van der Waals surface area contributed by atoms with Crippen molar-refractivity contribution in [2.24, 2.45) is 0 Å². The number of rotatable bonds is 4. The first-order valence-corrected chi connectivity index (χ1v) is 5.42. The van der Waals surface area contributed by atoms with E-state index in [-0.39, 0.29) is 41.1 Å². The van der Waals surface area contributed by atoms with Gasteiger partial charge in [-0.05, 0) is 33.3 Å². The largest absolute Gasteiger partial charge is 1.00 e. The molecule has 0 aromatic carbocycles. The van der Waals surface area contributed by atoms with Gasteiger partial charge in [-0.1, -0.05) is 0 Å². The van der Waals surface area contributed by atoms with Crippen LogP contribution >= 0.6 is 0 Å². The van der Waals surface area contributed by atoms with Crippen LogP contribution in [0.1, 0.15) is 19.8 Å². The van der Waals surface area contributed by atoms with Crippen LogP contribution in [0.4, 0.5) is 0 Å². The van der Waals surface area contributed by atoms with Gasteiger partial charge < -0.3 is 9.35 Å². The number of hydrogen-bond donors (Lipinski definition) is 0. The molecule has 0 spiro atoms. The topological polar surface area (TPSA) is 57.2 Å². The van der Waals surface area contributed by atoms with E-state index in [0.29, 0.717) is 12.8 Å². The molecule has 0 heterocycles. The monoisotopic (exact) mass is 204 g/mol. The van der Waals surface area contributed by atoms with Gasteiger partial charge in [0.1, 0.15) is 5.78 Å². The van der Waals surface area contributed by atoms with Gasteiger partial charge in [0.15, 0.2) is 0 Å². The van der Waals surface area contributed by atoms with Crippen molar-refractivity contribution in [3.63, 3.8) is 0 Å². The van der Waals surface area contributed by atoms with Crippen molar-refractivity contribution >= 4 is 25.7 Å². The van der Waals surface area contributed by atoms with Crippen LogP contribution in [0.25, 0.3) is 0 Å². The number of ketones is 1. The van der Waals surface area contributed by atoms with Crippen molar-refractivity contribution in [1.29, 1.82) is 0 Å². The molecule has 0 aromatic rings. The van der Waals surface area contributed by atoms with Gasteiger partial charge in [-0.15, -0.1) is 0 Å². The summed E-state index contributed by atoms with van der Waals surface area (Å²) in [4.78, 5) is 10.3. The maximum Gasteiger partial charge on any atom is 1.00 e. The molecule has 1 atom stereocenters. The minimum atomic E-state index is -3.29. The Bertz CT molecular complexity index is 210. The van der Waals surface area contributed by atoms with Gasteiger partial charge in [-0.3, -0.25) is 4.21 Å². The van der Waals surface area contributed by atoms with E-state index >= 15 is 0 Å². The fourth-order valence-electron chi connectivity index (χ4n) is 0.498. The maximum absolute atomic E-state index is 10.3. The van der Waals surface area contributed by atoms with E-state index in [1.807, 2.05) is 0 Å². The zero-order valence-electron chi connectivity index (χ0n) is 6.66. The Morgan fingerprint density at radius 1 is 1.64 bits per heavy atom. The Morgan fingerprint density at radius 3 is 2.36 bits per heavy atom. The van der Waals surface area contributed by atoms with E-state index in [9.17, 15) is 13.6 Å². The number of carbonyl (C=O) groups excluding carboxylic acids is 1. The fraction of sp³-hybridized carbons (Fsp3) is 0.800. The molecule has 0 aromatic heterocycles. The summed E-state index contributed by atoms with van der Waals surface area (Å²) in [5, 5.41) is 0. The quantitative estimate of drug-likeness (QED) is 0.465. The van der Waals surface area contributed by atoms with Gasteiger partial charge in [-0.2, -0.15) is 0 Å². The van der Waals surface area contributed by atoms with Crippen molar-refractivity contribution in [2.75, 3.05) is 5.75 Å². The zero-order valence-corrected chi connectivity index (χ0v) is 10.3. The molecule has 0 saturated heterocycles. The summed E-state index contributed by atoms with van der Waals surface area (Å²) in [7, 11) is -3.29. The van der Waals surface area contributed by atoms with Gasteiger partial charge in [0.2, 0.25) is 0 Å². The molecule has 11 heavy (non-hydrogen) atoms. The molecule has 0 N–H and O–H groups in total.